The lowest BCUT2D eigenvalue weighted by Gasteiger charge is -2.27. The van der Waals surface area contributed by atoms with E-state index in [-0.39, 0.29) is 13.2 Å². The molecule has 6 heteroatoms. The highest BCUT2D eigenvalue weighted by Crippen LogP contribution is 2.27. The average Bonchev–Trinajstić information content (AvgIpc) is 2.70. The fourth-order valence-corrected chi connectivity index (χ4v) is 3.32. The second kappa shape index (κ2) is 11.5. The zero-order chi connectivity index (χ0) is 19.5. The van der Waals surface area contributed by atoms with Gasteiger partial charge in [0.15, 0.2) is 0 Å². The molecule has 2 aromatic rings. The number of benzene rings is 2. The Hall–Kier alpha value is -1.33. The summed E-state index contributed by atoms with van der Waals surface area (Å²) < 4.78 is 4.78. The van der Waals surface area contributed by atoms with Crippen LogP contribution in [0.25, 0.3) is 0 Å². The van der Waals surface area contributed by atoms with Crippen molar-refractivity contribution in [3.8, 4) is 0 Å². The maximum atomic E-state index is 9.46. The summed E-state index contributed by atoms with van der Waals surface area (Å²) in [5.74, 6) is 0. The van der Waals surface area contributed by atoms with Gasteiger partial charge >= 0.3 is 8.60 Å². The first-order valence-electron chi connectivity index (χ1n) is 9.33. The fourth-order valence-electron chi connectivity index (χ4n) is 2.95. The van der Waals surface area contributed by atoms with E-state index >= 15 is 0 Å². The highest BCUT2D eigenvalue weighted by atomic mass is 31.2. The summed E-state index contributed by atoms with van der Waals surface area (Å²) in [6, 6.07) is 19.0. The molecule has 0 amide bonds. The van der Waals surface area contributed by atoms with E-state index < -0.39 is 14.1 Å². The van der Waals surface area contributed by atoms with E-state index in [2.05, 4.69) is 48.5 Å². The summed E-state index contributed by atoms with van der Waals surface area (Å²) in [5, 5.41) is 9.46. The second-order valence-corrected chi connectivity index (χ2v) is 7.82. The van der Waals surface area contributed by atoms with Gasteiger partial charge in [-0.2, -0.15) is 0 Å². The molecule has 0 saturated carbocycles. The Balaban J connectivity index is 1.72. The quantitative estimate of drug-likeness (QED) is 0.329. The van der Waals surface area contributed by atoms with Gasteiger partial charge in [-0.15, -0.1) is 0 Å². The van der Waals surface area contributed by atoms with Gasteiger partial charge in [0.1, 0.15) is 0 Å². The van der Waals surface area contributed by atoms with Crippen LogP contribution in [0.2, 0.25) is 0 Å². The van der Waals surface area contributed by atoms with Crippen LogP contribution in [0.15, 0.2) is 54.6 Å². The standard InChI is InChI=1S/C21H30NO4P/c22-21(16-23,17-26-27(24)25)15-14-20-12-10-19(11-13-20)9-5-4-8-18-6-2-1-3-7-18/h1-3,6-7,10-13,23-25H,4-5,8-9,14-17,22H2. The molecule has 0 aliphatic heterocycles. The zero-order valence-electron chi connectivity index (χ0n) is 15.6. The van der Waals surface area contributed by atoms with Crippen molar-refractivity contribution in [1.82, 2.24) is 0 Å². The summed E-state index contributed by atoms with van der Waals surface area (Å²) in [4.78, 5) is 17.7. The maximum Gasteiger partial charge on any atom is 0.327 e. The SMILES string of the molecule is NC(CO)(CCc1ccc(CCCCc2ccccc2)cc1)COP(O)O. The predicted molar refractivity (Wildman–Crippen MR) is 109 cm³/mol. The lowest BCUT2D eigenvalue weighted by molar-refractivity contribution is 0.117. The summed E-state index contributed by atoms with van der Waals surface area (Å²) in [6.45, 7) is -0.350. The number of nitrogens with two attached hydrogens (primary N) is 1. The number of hydrogen-bond donors (Lipinski definition) is 4. The van der Waals surface area contributed by atoms with Gasteiger partial charge in [-0.05, 0) is 55.2 Å². The molecule has 27 heavy (non-hydrogen) atoms. The molecule has 2 aromatic carbocycles. The van der Waals surface area contributed by atoms with Gasteiger partial charge in [0.05, 0.1) is 18.8 Å². The first-order chi connectivity index (χ1) is 13.0. The minimum absolute atomic E-state index is 0.0816. The molecule has 0 aliphatic carbocycles. The number of unbranched alkanes of at least 4 members (excludes halogenated alkanes) is 1. The molecule has 1 atom stereocenters. The zero-order valence-corrected chi connectivity index (χ0v) is 16.5. The van der Waals surface area contributed by atoms with E-state index in [1.807, 2.05) is 6.07 Å². The number of aliphatic hydroxyl groups is 1. The van der Waals surface area contributed by atoms with Crippen LogP contribution < -0.4 is 5.73 Å². The predicted octanol–water partition coefficient (Wildman–Crippen LogP) is 3.10. The molecule has 2 rings (SSSR count). The number of aryl methyl sites for hydroxylation is 3. The molecule has 0 aliphatic rings. The van der Waals surface area contributed by atoms with Gasteiger partial charge in [-0.1, -0.05) is 54.6 Å². The van der Waals surface area contributed by atoms with Gasteiger partial charge in [-0.25, -0.2) is 0 Å². The molecule has 0 bridgehead atoms. The monoisotopic (exact) mass is 391 g/mol. The van der Waals surface area contributed by atoms with Crippen LogP contribution in [0, 0.1) is 0 Å². The Morgan fingerprint density at radius 3 is 1.85 bits per heavy atom. The molecular weight excluding hydrogens is 361 g/mol. The molecule has 5 nitrogen and oxygen atoms in total. The molecule has 0 saturated heterocycles. The van der Waals surface area contributed by atoms with E-state index in [0.29, 0.717) is 12.8 Å². The van der Waals surface area contributed by atoms with E-state index in [9.17, 15) is 5.11 Å². The van der Waals surface area contributed by atoms with E-state index in [1.165, 1.54) is 17.5 Å². The van der Waals surface area contributed by atoms with Crippen LogP contribution in [-0.4, -0.2) is 33.6 Å². The van der Waals surface area contributed by atoms with Gasteiger partial charge in [0, 0.05) is 0 Å². The van der Waals surface area contributed by atoms with Gasteiger partial charge in [0.2, 0.25) is 0 Å². The van der Waals surface area contributed by atoms with Crippen molar-refractivity contribution < 1.29 is 19.4 Å². The summed E-state index contributed by atoms with van der Waals surface area (Å²) >= 11 is 0. The van der Waals surface area contributed by atoms with Crippen LogP contribution in [-0.2, 0) is 23.8 Å². The van der Waals surface area contributed by atoms with Gasteiger partial charge < -0.3 is 25.2 Å². The Labute approximate surface area is 162 Å². The Kier molecular flexibility index (Phi) is 9.35. The normalized spacial score (nSPS) is 13.7. The summed E-state index contributed by atoms with van der Waals surface area (Å²) in [7, 11) is -2.45. The van der Waals surface area contributed by atoms with E-state index in [1.54, 1.807) is 0 Å². The molecule has 0 fully saturated rings. The lowest BCUT2D eigenvalue weighted by atomic mass is 9.93. The second-order valence-electron chi connectivity index (χ2n) is 7.06. The first-order valence-corrected chi connectivity index (χ1v) is 10.5. The highest BCUT2D eigenvalue weighted by molar-refractivity contribution is 7.39. The van der Waals surface area contributed by atoms with Gasteiger partial charge in [0.25, 0.3) is 0 Å². The topological polar surface area (TPSA) is 95.9 Å². The molecule has 0 spiro atoms. The molecule has 0 heterocycles. The number of hydrogen-bond acceptors (Lipinski definition) is 5. The Bertz CT molecular complexity index is 651. The van der Waals surface area contributed by atoms with Crippen molar-refractivity contribution in [3.63, 3.8) is 0 Å². The van der Waals surface area contributed by atoms with Crippen molar-refractivity contribution in [3.05, 3.63) is 71.3 Å². The fraction of sp³-hybridized carbons (Fsp3) is 0.429. The molecule has 5 N–H and O–H groups in total. The molecule has 0 radical (unpaired) electrons. The third-order valence-electron chi connectivity index (χ3n) is 4.74. The van der Waals surface area contributed by atoms with Crippen LogP contribution in [0.1, 0.15) is 36.0 Å². The Morgan fingerprint density at radius 1 is 0.815 bits per heavy atom. The third-order valence-corrected chi connectivity index (χ3v) is 5.10. The average molecular weight is 391 g/mol. The van der Waals surface area contributed by atoms with Crippen molar-refractivity contribution in [2.45, 2.75) is 44.1 Å². The minimum Gasteiger partial charge on any atom is -0.394 e. The van der Waals surface area contributed by atoms with E-state index in [4.69, 9.17) is 20.0 Å². The van der Waals surface area contributed by atoms with Gasteiger partial charge in [-0.3, -0.25) is 0 Å². The van der Waals surface area contributed by atoms with E-state index in [0.717, 1.165) is 24.8 Å². The summed E-state index contributed by atoms with van der Waals surface area (Å²) in [6.07, 6.45) is 5.72. The van der Waals surface area contributed by atoms with Crippen LogP contribution >= 0.6 is 8.60 Å². The van der Waals surface area contributed by atoms with Crippen molar-refractivity contribution in [2.75, 3.05) is 13.2 Å². The highest BCUT2D eigenvalue weighted by Gasteiger charge is 2.25. The number of aliphatic hydroxyl groups excluding tert-OH is 1. The van der Waals surface area contributed by atoms with Crippen LogP contribution in [0.3, 0.4) is 0 Å². The first kappa shape index (κ1) is 22.0. The molecule has 148 valence electrons. The van der Waals surface area contributed by atoms with Crippen molar-refractivity contribution >= 4 is 8.60 Å². The molecule has 0 aromatic heterocycles. The minimum atomic E-state index is -2.45. The van der Waals surface area contributed by atoms with Crippen LogP contribution in [0.4, 0.5) is 0 Å². The number of rotatable bonds is 12. The van der Waals surface area contributed by atoms with Crippen LogP contribution in [0.5, 0.6) is 0 Å². The molecular formula is C21H30NO4P. The maximum absolute atomic E-state index is 9.46. The lowest BCUT2D eigenvalue weighted by Crippen LogP contribution is -2.48. The largest absolute Gasteiger partial charge is 0.394 e. The Morgan fingerprint density at radius 2 is 1.33 bits per heavy atom. The van der Waals surface area contributed by atoms with Crippen molar-refractivity contribution in [2.24, 2.45) is 5.73 Å². The summed E-state index contributed by atoms with van der Waals surface area (Å²) in [5.41, 5.74) is 8.95. The van der Waals surface area contributed by atoms with Crippen molar-refractivity contribution in [1.29, 1.82) is 0 Å². The third kappa shape index (κ3) is 8.48. The smallest absolute Gasteiger partial charge is 0.327 e. The molecule has 1 unspecified atom stereocenters.